The normalized spacial score (nSPS) is 24.2. The first kappa shape index (κ1) is 14.0. The minimum atomic E-state index is -0.234. The number of nitrogens with two attached hydrogens (primary N) is 1. The van der Waals surface area contributed by atoms with Crippen LogP contribution in [0.25, 0.3) is 0 Å². The highest BCUT2D eigenvalue weighted by atomic mass is 16.2. The van der Waals surface area contributed by atoms with Crippen LogP contribution in [0.5, 0.6) is 0 Å². The lowest BCUT2D eigenvalue weighted by molar-refractivity contribution is 0.0953. The van der Waals surface area contributed by atoms with Crippen molar-refractivity contribution in [2.45, 2.75) is 39.3 Å². The van der Waals surface area contributed by atoms with Crippen LogP contribution in [-0.2, 0) is 6.54 Å². The van der Waals surface area contributed by atoms with Crippen molar-refractivity contribution in [1.29, 1.82) is 0 Å². The molecule has 4 nitrogen and oxygen atoms in total. The van der Waals surface area contributed by atoms with E-state index in [0.29, 0.717) is 11.6 Å². The fourth-order valence-corrected chi connectivity index (χ4v) is 2.82. The topological polar surface area (TPSA) is 58.4 Å². The molecule has 0 aliphatic carbocycles. The molecule has 0 bridgehead atoms. The van der Waals surface area contributed by atoms with Crippen molar-refractivity contribution in [2.75, 3.05) is 6.54 Å². The maximum Gasteiger partial charge on any atom is 0.265 e. The highest BCUT2D eigenvalue weighted by molar-refractivity contribution is 5.93. The summed E-state index contributed by atoms with van der Waals surface area (Å²) in [6, 6.07) is 8.30. The van der Waals surface area contributed by atoms with E-state index in [-0.39, 0.29) is 5.91 Å². The van der Waals surface area contributed by atoms with E-state index < -0.39 is 0 Å². The van der Waals surface area contributed by atoms with Crippen LogP contribution in [0.2, 0.25) is 0 Å². The number of nitrogen functional groups attached to an aromatic ring is 1. The third-order valence-electron chi connectivity index (χ3n) is 3.98. The number of nitrogens with zero attached hydrogens (tertiary/aromatic N) is 1. The van der Waals surface area contributed by atoms with E-state index >= 15 is 0 Å². The van der Waals surface area contributed by atoms with Gasteiger partial charge in [-0.1, -0.05) is 19.1 Å². The molecule has 1 aliphatic rings. The predicted octanol–water partition coefficient (Wildman–Crippen LogP) is 1.91. The molecule has 1 aliphatic heterocycles. The Kier molecular flexibility index (Phi) is 4.56. The van der Waals surface area contributed by atoms with Crippen LogP contribution in [0.15, 0.2) is 24.3 Å². The quantitative estimate of drug-likeness (QED) is 0.496. The number of piperidine rings is 1. The van der Waals surface area contributed by atoms with Crippen LogP contribution >= 0.6 is 0 Å². The molecular weight excluding hydrogens is 238 g/mol. The number of carbonyl (C=O) groups excluding carboxylic acids is 1. The SMILES string of the molecule is CC1CCN(Cc2cccc(C(=O)NN)c2)C(C)C1. The number of benzene rings is 1. The Bertz CT molecular complexity index is 447. The van der Waals surface area contributed by atoms with Crippen LogP contribution in [0.3, 0.4) is 0 Å². The monoisotopic (exact) mass is 261 g/mol. The first-order valence-corrected chi connectivity index (χ1v) is 6.94. The zero-order valence-electron chi connectivity index (χ0n) is 11.7. The molecule has 4 heteroatoms. The van der Waals surface area contributed by atoms with Crippen molar-refractivity contribution in [2.24, 2.45) is 11.8 Å². The first-order chi connectivity index (χ1) is 9.10. The summed E-state index contributed by atoms with van der Waals surface area (Å²) < 4.78 is 0. The Hall–Kier alpha value is -1.39. The van der Waals surface area contributed by atoms with Crippen LogP contribution in [0.4, 0.5) is 0 Å². The molecule has 0 spiro atoms. The largest absolute Gasteiger partial charge is 0.296 e. The second-order valence-corrected chi connectivity index (χ2v) is 5.62. The Morgan fingerprint density at radius 2 is 2.26 bits per heavy atom. The first-order valence-electron chi connectivity index (χ1n) is 6.94. The van der Waals surface area contributed by atoms with Gasteiger partial charge in [-0.15, -0.1) is 0 Å². The van der Waals surface area contributed by atoms with Gasteiger partial charge in [0.25, 0.3) is 5.91 Å². The minimum absolute atomic E-state index is 0.234. The van der Waals surface area contributed by atoms with Crippen LogP contribution in [0.1, 0.15) is 42.6 Å². The van der Waals surface area contributed by atoms with Crippen molar-refractivity contribution >= 4 is 5.91 Å². The van der Waals surface area contributed by atoms with Gasteiger partial charge in [0.05, 0.1) is 0 Å². The molecule has 0 saturated carbocycles. The summed E-state index contributed by atoms with van der Waals surface area (Å²) in [5.74, 6) is 5.75. The van der Waals surface area contributed by atoms with Crippen molar-refractivity contribution in [3.63, 3.8) is 0 Å². The third kappa shape index (κ3) is 3.55. The molecule has 1 aromatic carbocycles. The van der Waals surface area contributed by atoms with Gasteiger partial charge in [-0.2, -0.15) is 0 Å². The number of rotatable bonds is 3. The molecule has 104 valence electrons. The molecule has 1 amide bonds. The van der Waals surface area contributed by atoms with Crippen molar-refractivity contribution in [3.8, 4) is 0 Å². The maximum atomic E-state index is 11.5. The van der Waals surface area contributed by atoms with Gasteiger partial charge in [0, 0.05) is 18.2 Å². The Morgan fingerprint density at radius 1 is 1.47 bits per heavy atom. The molecule has 0 aromatic heterocycles. The van der Waals surface area contributed by atoms with Crippen LogP contribution in [-0.4, -0.2) is 23.4 Å². The fraction of sp³-hybridized carbons (Fsp3) is 0.533. The highest BCUT2D eigenvalue weighted by Crippen LogP contribution is 2.23. The highest BCUT2D eigenvalue weighted by Gasteiger charge is 2.22. The number of likely N-dealkylation sites (tertiary alicyclic amines) is 1. The molecule has 19 heavy (non-hydrogen) atoms. The minimum Gasteiger partial charge on any atom is -0.296 e. The second-order valence-electron chi connectivity index (χ2n) is 5.62. The van der Waals surface area contributed by atoms with Gasteiger partial charge in [-0.05, 0) is 49.9 Å². The number of nitrogens with one attached hydrogen (secondary N) is 1. The third-order valence-corrected chi connectivity index (χ3v) is 3.98. The molecule has 1 fully saturated rings. The van der Waals surface area contributed by atoms with Crippen LogP contribution < -0.4 is 11.3 Å². The molecule has 3 N–H and O–H groups in total. The molecule has 0 radical (unpaired) electrons. The molecule has 1 heterocycles. The maximum absolute atomic E-state index is 11.5. The lowest BCUT2D eigenvalue weighted by Crippen LogP contribution is -2.39. The summed E-state index contributed by atoms with van der Waals surface area (Å²) in [6.07, 6.45) is 2.51. The smallest absolute Gasteiger partial charge is 0.265 e. The molecular formula is C15H23N3O. The Morgan fingerprint density at radius 3 is 2.95 bits per heavy atom. The average molecular weight is 261 g/mol. The zero-order valence-corrected chi connectivity index (χ0v) is 11.7. The van der Waals surface area contributed by atoms with Crippen molar-refractivity contribution in [3.05, 3.63) is 35.4 Å². The second kappa shape index (κ2) is 6.17. The molecule has 1 aromatic rings. The molecule has 2 unspecified atom stereocenters. The molecule has 2 rings (SSSR count). The summed E-state index contributed by atoms with van der Waals surface area (Å²) in [7, 11) is 0. The van der Waals surface area contributed by atoms with Gasteiger partial charge in [-0.25, -0.2) is 5.84 Å². The van der Waals surface area contributed by atoms with Gasteiger partial charge in [0.1, 0.15) is 0 Å². The van der Waals surface area contributed by atoms with Gasteiger partial charge < -0.3 is 0 Å². The lowest BCUT2D eigenvalue weighted by atomic mass is 9.93. The Labute approximate surface area is 114 Å². The van der Waals surface area contributed by atoms with E-state index in [2.05, 4.69) is 30.2 Å². The summed E-state index contributed by atoms with van der Waals surface area (Å²) in [4.78, 5) is 14.0. The van der Waals surface area contributed by atoms with Crippen LogP contribution in [0, 0.1) is 5.92 Å². The number of hydrogen-bond donors (Lipinski definition) is 2. The summed E-state index contributed by atoms with van der Waals surface area (Å²) in [5, 5.41) is 0. The van der Waals surface area contributed by atoms with E-state index in [1.807, 2.05) is 12.1 Å². The standard InChI is InChI=1S/C15H23N3O/c1-11-6-7-18(12(2)8-11)10-13-4-3-5-14(9-13)15(19)17-16/h3-5,9,11-12H,6-8,10,16H2,1-2H3,(H,17,19). The van der Waals surface area contributed by atoms with E-state index in [0.717, 1.165) is 19.0 Å². The fourth-order valence-electron chi connectivity index (χ4n) is 2.82. The Balaban J connectivity index is 2.04. The van der Waals surface area contributed by atoms with E-state index in [4.69, 9.17) is 5.84 Å². The number of hydrogen-bond acceptors (Lipinski definition) is 3. The van der Waals surface area contributed by atoms with Gasteiger partial charge in [-0.3, -0.25) is 15.1 Å². The van der Waals surface area contributed by atoms with Crippen molar-refractivity contribution < 1.29 is 4.79 Å². The van der Waals surface area contributed by atoms with Gasteiger partial charge >= 0.3 is 0 Å². The average Bonchev–Trinajstić information content (AvgIpc) is 2.41. The summed E-state index contributed by atoms with van der Waals surface area (Å²) >= 11 is 0. The summed E-state index contributed by atoms with van der Waals surface area (Å²) in [6.45, 7) is 6.64. The van der Waals surface area contributed by atoms with Gasteiger partial charge in [0.2, 0.25) is 0 Å². The summed E-state index contributed by atoms with van der Waals surface area (Å²) in [5.41, 5.74) is 3.97. The lowest BCUT2D eigenvalue weighted by Gasteiger charge is -2.36. The van der Waals surface area contributed by atoms with E-state index in [1.165, 1.54) is 18.4 Å². The van der Waals surface area contributed by atoms with E-state index in [9.17, 15) is 4.79 Å². The predicted molar refractivity (Wildman–Crippen MR) is 76.4 cm³/mol. The number of amides is 1. The molecule has 1 saturated heterocycles. The number of carbonyl (C=O) groups is 1. The zero-order chi connectivity index (χ0) is 13.8. The number of hydrazine groups is 1. The van der Waals surface area contributed by atoms with E-state index in [1.54, 1.807) is 6.07 Å². The van der Waals surface area contributed by atoms with Crippen molar-refractivity contribution in [1.82, 2.24) is 10.3 Å². The molecule has 2 atom stereocenters. The van der Waals surface area contributed by atoms with Gasteiger partial charge in [0.15, 0.2) is 0 Å².